The van der Waals surface area contributed by atoms with E-state index in [0.29, 0.717) is 16.6 Å². The average molecular weight is 251 g/mol. The average Bonchev–Trinajstić information content (AvgIpc) is 2.32. The van der Waals surface area contributed by atoms with E-state index in [1.54, 1.807) is 6.07 Å². The lowest BCUT2D eigenvalue weighted by Gasteiger charge is -2.08. The summed E-state index contributed by atoms with van der Waals surface area (Å²) < 4.78 is 0. The lowest BCUT2D eigenvalue weighted by molar-refractivity contribution is 1.15. The van der Waals surface area contributed by atoms with Crippen molar-refractivity contribution in [3.8, 4) is 0 Å². The van der Waals surface area contributed by atoms with Gasteiger partial charge >= 0.3 is 0 Å². The van der Waals surface area contributed by atoms with Crippen LogP contribution in [0.25, 0.3) is 0 Å². The Morgan fingerprint density at radius 3 is 2.56 bits per heavy atom. The second-order valence-electron chi connectivity index (χ2n) is 3.36. The van der Waals surface area contributed by atoms with Gasteiger partial charge in [0.1, 0.15) is 0 Å². The highest BCUT2D eigenvalue weighted by Crippen LogP contribution is 2.26. The van der Waals surface area contributed by atoms with Crippen molar-refractivity contribution in [3.05, 3.63) is 64.1 Å². The third kappa shape index (κ3) is 2.69. The third-order valence-electron chi connectivity index (χ3n) is 2.23. The summed E-state index contributed by atoms with van der Waals surface area (Å²) in [7, 11) is 0. The Labute approximate surface area is 105 Å². The van der Waals surface area contributed by atoms with Gasteiger partial charge in [-0.15, -0.1) is 0 Å². The number of halogens is 2. The van der Waals surface area contributed by atoms with Gasteiger partial charge in [-0.05, 0) is 29.8 Å². The number of rotatable bonds is 3. The van der Waals surface area contributed by atoms with Gasteiger partial charge < -0.3 is 5.32 Å². The van der Waals surface area contributed by atoms with Crippen LogP contribution in [0, 0.1) is 6.07 Å². The quantitative estimate of drug-likeness (QED) is 0.852. The van der Waals surface area contributed by atoms with E-state index in [-0.39, 0.29) is 0 Å². The van der Waals surface area contributed by atoms with Gasteiger partial charge in [0.05, 0.1) is 10.0 Å². The molecule has 16 heavy (non-hydrogen) atoms. The molecule has 0 aliphatic carbocycles. The number of benzene rings is 2. The molecule has 0 aliphatic rings. The Hall–Kier alpha value is -1.18. The Morgan fingerprint density at radius 1 is 1.06 bits per heavy atom. The van der Waals surface area contributed by atoms with Crippen molar-refractivity contribution in [3.63, 3.8) is 0 Å². The second kappa shape index (κ2) is 5.24. The molecule has 0 atom stereocenters. The molecule has 3 heteroatoms. The molecular weight excluding hydrogens is 241 g/mol. The summed E-state index contributed by atoms with van der Waals surface area (Å²) in [5, 5.41) is 4.46. The first-order chi connectivity index (χ1) is 7.77. The van der Waals surface area contributed by atoms with Gasteiger partial charge in [0, 0.05) is 12.2 Å². The summed E-state index contributed by atoms with van der Waals surface area (Å²) in [6, 6.07) is 16.2. The zero-order chi connectivity index (χ0) is 11.4. The topological polar surface area (TPSA) is 12.0 Å². The summed E-state index contributed by atoms with van der Waals surface area (Å²) in [6.07, 6.45) is 0. The van der Waals surface area contributed by atoms with Gasteiger partial charge in [0.25, 0.3) is 0 Å². The fourth-order valence-electron chi connectivity index (χ4n) is 1.39. The van der Waals surface area contributed by atoms with Gasteiger partial charge in [-0.2, -0.15) is 0 Å². The van der Waals surface area contributed by atoms with Crippen LogP contribution in [-0.2, 0) is 6.54 Å². The largest absolute Gasteiger partial charge is 0.381 e. The van der Waals surface area contributed by atoms with Crippen LogP contribution in [0.5, 0.6) is 0 Å². The van der Waals surface area contributed by atoms with Crippen molar-refractivity contribution in [2.24, 2.45) is 0 Å². The van der Waals surface area contributed by atoms with Crippen LogP contribution in [-0.4, -0.2) is 0 Å². The monoisotopic (exact) mass is 250 g/mol. The minimum absolute atomic E-state index is 0.586. The zero-order valence-electron chi connectivity index (χ0n) is 8.50. The van der Waals surface area contributed by atoms with Crippen LogP contribution in [0.1, 0.15) is 5.56 Å². The fraction of sp³-hybridized carbons (Fsp3) is 0.0769. The summed E-state index contributed by atoms with van der Waals surface area (Å²) in [5.74, 6) is 0. The van der Waals surface area contributed by atoms with E-state index in [4.69, 9.17) is 23.2 Å². The minimum atomic E-state index is 0.586. The number of hydrogen-bond acceptors (Lipinski definition) is 1. The van der Waals surface area contributed by atoms with Crippen LogP contribution in [0.4, 0.5) is 5.69 Å². The summed E-state index contributed by atoms with van der Waals surface area (Å²) in [4.78, 5) is 0. The van der Waals surface area contributed by atoms with Gasteiger partial charge in [0.2, 0.25) is 0 Å². The lowest BCUT2D eigenvalue weighted by Crippen LogP contribution is -1.99. The Kier molecular flexibility index (Phi) is 3.70. The lowest BCUT2D eigenvalue weighted by atomic mass is 10.2. The molecule has 1 N–H and O–H groups in total. The van der Waals surface area contributed by atoms with Crippen LogP contribution in [0.2, 0.25) is 10.0 Å². The van der Waals surface area contributed by atoms with Crippen molar-refractivity contribution in [1.82, 2.24) is 0 Å². The molecule has 0 aliphatic heterocycles. The van der Waals surface area contributed by atoms with Crippen molar-refractivity contribution < 1.29 is 0 Å². The minimum Gasteiger partial charge on any atom is -0.381 e. The molecule has 0 saturated carbocycles. The molecule has 0 unspecified atom stereocenters. The SMILES string of the molecule is Clc1cccc(CNc2cc[c]cc2)c1Cl. The van der Waals surface area contributed by atoms with E-state index in [2.05, 4.69) is 11.4 Å². The van der Waals surface area contributed by atoms with E-state index < -0.39 is 0 Å². The molecule has 2 aromatic rings. The molecule has 0 saturated heterocycles. The molecule has 0 bridgehead atoms. The molecule has 1 radical (unpaired) electrons. The van der Waals surface area contributed by atoms with Gasteiger partial charge in [-0.1, -0.05) is 47.5 Å². The molecule has 0 spiro atoms. The van der Waals surface area contributed by atoms with Crippen LogP contribution in [0.15, 0.2) is 42.5 Å². The summed E-state index contributed by atoms with van der Waals surface area (Å²) in [5.41, 5.74) is 2.02. The molecule has 0 heterocycles. The maximum atomic E-state index is 6.08. The Bertz CT molecular complexity index is 469. The summed E-state index contributed by atoms with van der Waals surface area (Å²) in [6.45, 7) is 0.656. The van der Waals surface area contributed by atoms with Crippen LogP contribution in [0.3, 0.4) is 0 Å². The molecule has 0 amide bonds. The van der Waals surface area contributed by atoms with Crippen LogP contribution >= 0.6 is 23.2 Å². The normalized spacial score (nSPS) is 10.1. The number of anilines is 1. The van der Waals surface area contributed by atoms with Crippen molar-refractivity contribution in [2.45, 2.75) is 6.54 Å². The first kappa shape index (κ1) is 11.3. The third-order valence-corrected chi connectivity index (χ3v) is 3.09. The zero-order valence-corrected chi connectivity index (χ0v) is 10.0. The smallest absolute Gasteiger partial charge is 0.0642 e. The molecule has 0 aromatic heterocycles. The summed E-state index contributed by atoms with van der Waals surface area (Å²) >= 11 is 12.0. The van der Waals surface area contributed by atoms with Gasteiger partial charge in [-0.25, -0.2) is 0 Å². The first-order valence-corrected chi connectivity index (χ1v) is 5.66. The predicted octanol–water partition coefficient (Wildman–Crippen LogP) is 4.41. The van der Waals surface area contributed by atoms with Gasteiger partial charge in [0.15, 0.2) is 0 Å². The van der Waals surface area contributed by atoms with E-state index in [1.165, 1.54) is 0 Å². The molecule has 81 valence electrons. The van der Waals surface area contributed by atoms with Gasteiger partial charge in [-0.3, -0.25) is 0 Å². The van der Waals surface area contributed by atoms with Crippen molar-refractivity contribution in [2.75, 3.05) is 5.32 Å². The number of hydrogen-bond donors (Lipinski definition) is 1. The molecule has 2 rings (SSSR count). The predicted molar refractivity (Wildman–Crippen MR) is 69.1 cm³/mol. The Morgan fingerprint density at radius 2 is 1.81 bits per heavy atom. The first-order valence-electron chi connectivity index (χ1n) is 4.90. The van der Waals surface area contributed by atoms with E-state index in [9.17, 15) is 0 Å². The van der Waals surface area contributed by atoms with E-state index in [0.717, 1.165) is 11.3 Å². The van der Waals surface area contributed by atoms with E-state index >= 15 is 0 Å². The van der Waals surface area contributed by atoms with Crippen molar-refractivity contribution >= 4 is 28.9 Å². The molecular formula is C13H10Cl2N. The van der Waals surface area contributed by atoms with E-state index in [1.807, 2.05) is 36.4 Å². The van der Waals surface area contributed by atoms with Crippen molar-refractivity contribution in [1.29, 1.82) is 0 Å². The maximum absolute atomic E-state index is 6.08. The highest BCUT2D eigenvalue weighted by atomic mass is 35.5. The van der Waals surface area contributed by atoms with Crippen LogP contribution < -0.4 is 5.32 Å². The standard InChI is InChI=1S/C13H10Cl2N/c14-12-8-4-5-10(13(12)15)9-16-11-6-2-1-3-7-11/h2-8,16H,9H2. The highest BCUT2D eigenvalue weighted by molar-refractivity contribution is 6.42. The molecule has 0 fully saturated rings. The molecule has 1 nitrogen and oxygen atoms in total. The fourth-order valence-corrected chi connectivity index (χ4v) is 1.77. The Balaban J connectivity index is 2.08. The molecule has 2 aromatic carbocycles. The second-order valence-corrected chi connectivity index (χ2v) is 4.14. The number of nitrogens with one attached hydrogen (secondary N) is 1. The highest BCUT2D eigenvalue weighted by Gasteiger charge is 2.03. The maximum Gasteiger partial charge on any atom is 0.0642 e.